The Morgan fingerprint density at radius 1 is 1.14 bits per heavy atom. The number of carbonyl (C=O) groups excluding carboxylic acids is 3. The van der Waals surface area contributed by atoms with E-state index in [4.69, 9.17) is 4.74 Å². The van der Waals surface area contributed by atoms with Crippen molar-refractivity contribution in [2.24, 2.45) is 17.8 Å². The molecule has 1 aromatic rings. The van der Waals surface area contributed by atoms with Crippen molar-refractivity contribution in [3.05, 3.63) is 49.6 Å². The van der Waals surface area contributed by atoms with Gasteiger partial charge in [-0.2, -0.15) is 0 Å². The molecule has 7 atom stereocenters. The highest BCUT2D eigenvalue weighted by molar-refractivity contribution is 8.02. The van der Waals surface area contributed by atoms with Crippen molar-refractivity contribution in [1.82, 2.24) is 9.80 Å². The molecule has 3 saturated heterocycles. The van der Waals surface area contributed by atoms with Gasteiger partial charge in [-0.05, 0) is 63.3 Å². The van der Waals surface area contributed by atoms with E-state index in [0.717, 1.165) is 25.0 Å². The first-order chi connectivity index (χ1) is 20.6. The van der Waals surface area contributed by atoms with Crippen LogP contribution in [0.15, 0.2) is 49.6 Å². The predicted molar refractivity (Wildman–Crippen MR) is 173 cm³/mol. The summed E-state index contributed by atoms with van der Waals surface area (Å²) < 4.78 is 4.87. The number of aliphatic hydroxyl groups is 1. The molecule has 3 amide bonds. The Bertz CT molecular complexity index is 1190. The van der Waals surface area contributed by atoms with Gasteiger partial charge in [0.15, 0.2) is 0 Å². The molecule has 8 nitrogen and oxygen atoms in total. The normalized spacial score (nSPS) is 27.1. The van der Waals surface area contributed by atoms with Crippen molar-refractivity contribution in [2.45, 2.75) is 88.4 Å². The van der Waals surface area contributed by atoms with E-state index in [9.17, 15) is 19.5 Å². The van der Waals surface area contributed by atoms with Gasteiger partial charge >= 0.3 is 0 Å². The third-order valence-electron chi connectivity index (χ3n) is 9.46. The summed E-state index contributed by atoms with van der Waals surface area (Å²) >= 11 is 1.66. The lowest BCUT2D eigenvalue weighted by Gasteiger charge is -2.42. The van der Waals surface area contributed by atoms with Gasteiger partial charge in [0.2, 0.25) is 17.7 Å². The number of nitrogens with zero attached hydrogens (tertiary/aromatic N) is 3. The number of amides is 3. The number of benzene rings is 1. The second-order valence-corrected chi connectivity index (χ2v) is 14.0. The number of aliphatic hydroxyl groups excluding tert-OH is 1. The van der Waals surface area contributed by atoms with Gasteiger partial charge in [-0.3, -0.25) is 14.4 Å². The Morgan fingerprint density at radius 3 is 2.37 bits per heavy atom. The summed E-state index contributed by atoms with van der Waals surface area (Å²) in [5, 5.41) is 10.5. The summed E-state index contributed by atoms with van der Waals surface area (Å²) in [7, 11) is 0. The summed E-state index contributed by atoms with van der Waals surface area (Å²) in [6, 6.07) is 6.10. The molecule has 0 radical (unpaired) electrons. The molecule has 3 fully saturated rings. The van der Waals surface area contributed by atoms with Gasteiger partial charge in [0.05, 0.1) is 35.8 Å². The van der Waals surface area contributed by atoms with Crippen molar-refractivity contribution in [1.29, 1.82) is 0 Å². The quantitative estimate of drug-likeness (QED) is 0.284. The molecule has 1 spiro atoms. The zero-order valence-electron chi connectivity index (χ0n) is 26.4. The van der Waals surface area contributed by atoms with Crippen LogP contribution in [0, 0.1) is 17.8 Å². The zero-order chi connectivity index (χ0) is 31.5. The van der Waals surface area contributed by atoms with Crippen LogP contribution >= 0.6 is 11.8 Å². The lowest BCUT2D eigenvalue weighted by atomic mass is 9.70. The van der Waals surface area contributed by atoms with E-state index in [0.29, 0.717) is 31.8 Å². The molecule has 236 valence electrons. The first kappa shape index (κ1) is 33.1. The van der Waals surface area contributed by atoms with Crippen LogP contribution in [0.1, 0.15) is 60.3 Å². The number of carbonyl (C=O) groups is 3. The topological polar surface area (TPSA) is 90.4 Å². The van der Waals surface area contributed by atoms with Crippen LogP contribution in [0.4, 0.5) is 5.69 Å². The number of anilines is 1. The molecule has 3 unspecified atom stereocenters. The smallest absolute Gasteiger partial charge is 0.247 e. The van der Waals surface area contributed by atoms with Gasteiger partial charge in [0.1, 0.15) is 11.8 Å². The summed E-state index contributed by atoms with van der Waals surface area (Å²) in [5.74, 6) is -0.991. The Morgan fingerprint density at radius 2 is 1.81 bits per heavy atom. The van der Waals surface area contributed by atoms with E-state index in [-0.39, 0.29) is 41.5 Å². The van der Waals surface area contributed by atoms with Gasteiger partial charge in [0.25, 0.3) is 0 Å². The highest BCUT2D eigenvalue weighted by atomic mass is 32.2. The third kappa shape index (κ3) is 5.87. The van der Waals surface area contributed by atoms with Crippen LogP contribution in [-0.4, -0.2) is 87.1 Å². The standard InChI is InChI=1S/C34H49N3O5S/c1-8-12-23(7)35(19-9-2)33(41)30-34-18-17-27(43-34)28(29(34)32(40)37(30)26(21-38)22(5)6)31(39)36(20-10-3)24-13-15-25(16-14-24)42-11-4/h9-10,13-16,22-23,26-30,38H,2-3,8,11-12,17-21H2,1,4-7H3/t23?,26-,27+,28-,29-,30?,34?/m0/s1. The van der Waals surface area contributed by atoms with E-state index >= 15 is 0 Å². The average Bonchev–Trinajstić information content (AvgIpc) is 3.63. The molecular formula is C34H49N3O5S. The Hall–Kier alpha value is -2.78. The second kappa shape index (κ2) is 13.9. The summed E-state index contributed by atoms with van der Waals surface area (Å²) in [5.41, 5.74) is 0.714. The van der Waals surface area contributed by atoms with Crippen LogP contribution in [0.25, 0.3) is 0 Å². The molecule has 0 saturated carbocycles. The fourth-order valence-corrected chi connectivity index (χ4v) is 9.70. The van der Waals surface area contributed by atoms with Crippen LogP contribution in [0.3, 0.4) is 0 Å². The highest BCUT2D eigenvalue weighted by Crippen LogP contribution is 2.67. The number of rotatable bonds is 15. The minimum absolute atomic E-state index is 0.0293. The molecule has 0 aromatic heterocycles. The second-order valence-electron chi connectivity index (χ2n) is 12.4. The van der Waals surface area contributed by atoms with Gasteiger partial charge in [-0.1, -0.05) is 39.3 Å². The first-order valence-corrected chi connectivity index (χ1v) is 16.7. The maximum atomic E-state index is 14.7. The molecule has 9 heteroatoms. The monoisotopic (exact) mass is 611 g/mol. The zero-order valence-corrected chi connectivity index (χ0v) is 27.2. The SMILES string of the molecule is C=CCN(C(=O)[C@@H]1[C@H]2C(=O)N([C@@H](CO)C(C)C)C(C(=O)N(CC=C)C(C)CCC)C23CC[C@H]1S3)c1ccc(OCC)cc1. The number of thioether (sulfide) groups is 1. The van der Waals surface area contributed by atoms with Gasteiger partial charge in [-0.15, -0.1) is 24.9 Å². The van der Waals surface area contributed by atoms with Crippen LogP contribution < -0.4 is 9.64 Å². The fraction of sp³-hybridized carbons (Fsp3) is 0.618. The Labute approximate surface area is 261 Å². The largest absolute Gasteiger partial charge is 0.494 e. The van der Waals surface area contributed by atoms with Crippen molar-refractivity contribution in [3.63, 3.8) is 0 Å². The minimum atomic E-state index is -0.755. The fourth-order valence-electron chi connectivity index (χ4n) is 7.51. The van der Waals surface area contributed by atoms with Crippen LogP contribution in [0.5, 0.6) is 5.75 Å². The van der Waals surface area contributed by atoms with Crippen molar-refractivity contribution in [2.75, 3.05) is 31.2 Å². The van der Waals surface area contributed by atoms with Gasteiger partial charge < -0.3 is 24.5 Å². The van der Waals surface area contributed by atoms with Crippen molar-refractivity contribution < 1.29 is 24.2 Å². The molecule has 3 aliphatic heterocycles. The van der Waals surface area contributed by atoms with E-state index in [1.165, 1.54) is 0 Å². The van der Waals surface area contributed by atoms with E-state index in [2.05, 4.69) is 20.1 Å². The maximum absolute atomic E-state index is 14.7. The summed E-state index contributed by atoms with van der Waals surface area (Å²) in [4.78, 5) is 49.0. The Kier molecular flexibility index (Phi) is 10.7. The number of hydrogen-bond donors (Lipinski definition) is 1. The number of hydrogen-bond acceptors (Lipinski definition) is 6. The molecule has 3 heterocycles. The van der Waals surface area contributed by atoms with E-state index in [1.807, 2.05) is 56.9 Å². The molecule has 1 aromatic carbocycles. The third-order valence-corrected chi connectivity index (χ3v) is 11.4. The molecule has 3 aliphatic rings. The van der Waals surface area contributed by atoms with Crippen LogP contribution in [-0.2, 0) is 14.4 Å². The summed E-state index contributed by atoms with van der Waals surface area (Å²) in [6.07, 6.45) is 6.63. The average molecular weight is 612 g/mol. The molecular weight excluding hydrogens is 562 g/mol. The van der Waals surface area contributed by atoms with E-state index < -0.39 is 28.7 Å². The van der Waals surface area contributed by atoms with Crippen LogP contribution in [0.2, 0.25) is 0 Å². The van der Waals surface area contributed by atoms with Crippen molar-refractivity contribution in [3.8, 4) is 5.75 Å². The Balaban J connectivity index is 1.78. The lowest BCUT2D eigenvalue weighted by molar-refractivity contribution is -0.147. The van der Waals surface area contributed by atoms with Gasteiger partial charge in [-0.25, -0.2) is 0 Å². The molecule has 2 bridgehead atoms. The molecule has 43 heavy (non-hydrogen) atoms. The lowest BCUT2D eigenvalue weighted by Crippen LogP contribution is -2.59. The first-order valence-electron chi connectivity index (χ1n) is 15.8. The van der Waals surface area contributed by atoms with Crippen molar-refractivity contribution >= 4 is 35.2 Å². The number of fused-ring (bicyclic) bond motifs is 1. The molecule has 0 aliphatic carbocycles. The number of likely N-dealkylation sites (tertiary alicyclic amines) is 1. The number of ether oxygens (including phenoxy) is 1. The highest BCUT2D eigenvalue weighted by Gasteiger charge is 2.74. The molecule has 4 rings (SSSR count). The minimum Gasteiger partial charge on any atom is -0.494 e. The molecule has 1 N–H and O–H groups in total. The predicted octanol–water partition coefficient (Wildman–Crippen LogP) is 4.92. The summed E-state index contributed by atoms with van der Waals surface area (Å²) in [6.45, 7) is 18.8. The maximum Gasteiger partial charge on any atom is 0.247 e. The van der Waals surface area contributed by atoms with E-state index in [1.54, 1.807) is 33.7 Å². The van der Waals surface area contributed by atoms with Gasteiger partial charge in [0, 0.05) is 30.1 Å².